The van der Waals surface area contributed by atoms with Crippen molar-refractivity contribution in [3.8, 4) is 0 Å². The summed E-state index contributed by atoms with van der Waals surface area (Å²) in [5.74, 6) is 0.136. The maximum absolute atomic E-state index is 10.5. The number of hydrogen-bond acceptors (Lipinski definition) is 2. The fraction of sp³-hybridized carbons (Fsp3) is 0.500. The topological polar surface area (TPSA) is 29.5 Å². The molecule has 0 aliphatic carbocycles. The van der Waals surface area contributed by atoms with E-state index in [4.69, 9.17) is 16.3 Å². The maximum atomic E-state index is 10.5. The molecule has 0 radical (unpaired) electrons. The molecule has 1 saturated heterocycles. The average Bonchev–Trinajstić information content (AvgIpc) is 2.71. The number of rotatable bonds is 2. The summed E-state index contributed by atoms with van der Waals surface area (Å²) in [5.41, 5.74) is -0.100. The normalized spacial score (nSPS) is 25.1. The molecule has 0 aromatic heterocycles. The Morgan fingerprint density at radius 3 is 2.80 bits per heavy atom. The van der Waals surface area contributed by atoms with Gasteiger partial charge in [0.05, 0.1) is 12.2 Å². The zero-order valence-corrected chi connectivity index (χ0v) is 9.50. The minimum atomic E-state index is -0.894. The summed E-state index contributed by atoms with van der Waals surface area (Å²) in [5, 5.41) is 11.1. The van der Waals surface area contributed by atoms with Crippen LogP contribution in [-0.4, -0.2) is 18.3 Å². The van der Waals surface area contributed by atoms with Gasteiger partial charge in [0.1, 0.15) is 0 Å². The van der Waals surface area contributed by atoms with Gasteiger partial charge in [0.2, 0.25) is 0 Å². The number of benzene rings is 1. The molecule has 82 valence electrons. The van der Waals surface area contributed by atoms with E-state index in [0.29, 0.717) is 11.6 Å². The summed E-state index contributed by atoms with van der Waals surface area (Å²) in [6.45, 7) is 3.15. The minimum absolute atomic E-state index is 0.136. The predicted octanol–water partition coefficient (Wildman–Crippen LogP) is 2.58. The van der Waals surface area contributed by atoms with Crippen LogP contribution in [0.25, 0.3) is 0 Å². The van der Waals surface area contributed by atoms with Gasteiger partial charge in [-0.05, 0) is 19.4 Å². The van der Waals surface area contributed by atoms with E-state index >= 15 is 0 Å². The molecule has 1 aliphatic heterocycles. The lowest BCUT2D eigenvalue weighted by atomic mass is 9.82. The second-order valence-corrected chi connectivity index (χ2v) is 4.60. The number of ether oxygens (including phenoxy) is 1. The van der Waals surface area contributed by atoms with E-state index in [2.05, 4.69) is 0 Å². The van der Waals surface area contributed by atoms with Crippen LogP contribution in [0.1, 0.15) is 18.9 Å². The standard InChI is InChI=1S/C12H15ClO2/c1-12(14,9-6-7-15-8-9)10-4-2-3-5-11(10)13/h2-5,9,14H,6-8H2,1H3. The molecule has 1 N–H and O–H groups in total. The van der Waals surface area contributed by atoms with E-state index in [9.17, 15) is 5.11 Å². The van der Waals surface area contributed by atoms with E-state index in [1.165, 1.54) is 0 Å². The molecule has 0 saturated carbocycles. The van der Waals surface area contributed by atoms with Gasteiger partial charge in [0.25, 0.3) is 0 Å². The SMILES string of the molecule is CC(O)(c1ccccc1Cl)C1CCOC1. The van der Waals surface area contributed by atoms with Gasteiger partial charge in [-0.15, -0.1) is 0 Å². The van der Waals surface area contributed by atoms with Crippen molar-refractivity contribution in [2.45, 2.75) is 18.9 Å². The first-order chi connectivity index (χ1) is 7.12. The summed E-state index contributed by atoms with van der Waals surface area (Å²) in [7, 11) is 0. The first-order valence-corrected chi connectivity index (χ1v) is 5.55. The van der Waals surface area contributed by atoms with Crippen LogP contribution in [0.15, 0.2) is 24.3 Å². The second-order valence-electron chi connectivity index (χ2n) is 4.19. The van der Waals surface area contributed by atoms with Gasteiger partial charge in [-0.1, -0.05) is 29.8 Å². The van der Waals surface area contributed by atoms with Crippen molar-refractivity contribution in [1.82, 2.24) is 0 Å². The number of aliphatic hydroxyl groups is 1. The summed E-state index contributed by atoms with van der Waals surface area (Å²) >= 11 is 6.09. The van der Waals surface area contributed by atoms with Crippen LogP contribution in [0, 0.1) is 5.92 Å². The number of hydrogen-bond donors (Lipinski definition) is 1. The highest BCUT2D eigenvalue weighted by molar-refractivity contribution is 6.31. The molecular formula is C12H15ClO2. The molecule has 1 heterocycles. The van der Waals surface area contributed by atoms with Gasteiger partial charge < -0.3 is 9.84 Å². The highest BCUT2D eigenvalue weighted by atomic mass is 35.5. The average molecular weight is 227 g/mol. The fourth-order valence-electron chi connectivity index (χ4n) is 2.07. The van der Waals surface area contributed by atoms with E-state index in [0.717, 1.165) is 18.6 Å². The Bertz CT molecular complexity index is 343. The molecule has 1 aromatic rings. The lowest BCUT2D eigenvalue weighted by molar-refractivity contribution is -0.00961. The van der Waals surface area contributed by atoms with E-state index < -0.39 is 5.60 Å². The summed E-state index contributed by atoms with van der Waals surface area (Å²) in [4.78, 5) is 0. The quantitative estimate of drug-likeness (QED) is 0.840. The molecule has 1 aromatic carbocycles. The largest absolute Gasteiger partial charge is 0.385 e. The summed E-state index contributed by atoms with van der Waals surface area (Å²) in [6.07, 6.45) is 0.887. The van der Waals surface area contributed by atoms with Crippen molar-refractivity contribution in [3.63, 3.8) is 0 Å². The zero-order chi connectivity index (χ0) is 10.9. The van der Waals surface area contributed by atoms with Gasteiger partial charge in [0.15, 0.2) is 0 Å². The van der Waals surface area contributed by atoms with Crippen LogP contribution < -0.4 is 0 Å². The molecule has 2 rings (SSSR count). The smallest absolute Gasteiger partial charge is 0.0933 e. The summed E-state index contributed by atoms with van der Waals surface area (Å²) < 4.78 is 5.30. The lowest BCUT2D eigenvalue weighted by Crippen LogP contribution is -2.32. The zero-order valence-electron chi connectivity index (χ0n) is 8.74. The van der Waals surface area contributed by atoms with Crippen molar-refractivity contribution in [2.75, 3.05) is 13.2 Å². The van der Waals surface area contributed by atoms with Crippen LogP contribution in [0.4, 0.5) is 0 Å². The third kappa shape index (κ3) is 2.03. The van der Waals surface area contributed by atoms with Gasteiger partial charge in [-0.2, -0.15) is 0 Å². The van der Waals surface area contributed by atoms with Crippen molar-refractivity contribution in [1.29, 1.82) is 0 Å². The Hall–Kier alpha value is -0.570. The van der Waals surface area contributed by atoms with Crippen molar-refractivity contribution < 1.29 is 9.84 Å². The molecule has 2 unspecified atom stereocenters. The van der Waals surface area contributed by atoms with Gasteiger partial charge in [-0.25, -0.2) is 0 Å². The molecule has 15 heavy (non-hydrogen) atoms. The second kappa shape index (κ2) is 4.12. The molecule has 1 fully saturated rings. The molecule has 3 heteroatoms. The molecule has 2 atom stereocenters. The van der Waals surface area contributed by atoms with Crippen molar-refractivity contribution >= 4 is 11.6 Å². The molecule has 0 spiro atoms. The third-order valence-corrected chi connectivity index (χ3v) is 3.47. The maximum Gasteiger partial charge on any atom is 0.0933 e. The van der Waals surface area contributed by atoms with Crippen LogP contribution in [0.2, 0.25) is 5.02 Å². The van der Waals surface area contributed by atoms with Crippen LogP contribution in [0.3, 0.4) is 0 Å². The van der Waals surface area contributed by atoms with Crippen molar-refractivity contribution in [3.05, 3.63) is 34.9 Å². The molecule has 0 amide bonds. The lowest BCUT2D eigenvalue weighted by Gasteiger charge is -2.30. The minimum Gasteiger partial charge on any atom is -0.385 e. The van der Waals surface area contributed by atoms with Crippen LogP contribution in [0.5, 0.6) is 0 Å². The predicted molar refractivity (Wildman–Crippen MR) is 59.9 cm³/mol. The Morgan fingerprint density at radius 2 is 2.20 bits per heavy atom. The molecule has 1 aliphatic rings. The Labute approximate surface area is 94.8 Å². The van der Waals surface area contributed by atoms with Gasteiger partial charge in [0, 0.05) is 23.1 Å². The first-order valence-electron chi connectivity index (χ1n) is 5.17. The van der Waals surface area contributed by atoms with Crippen molar-refractivity contribution in [2.24, 2.45) is 5.92 Å². The fourth-order valence-corrected chi connectivity index (χ4v) is 2.40. The highest BCUT2D eigenvalue weighted by Gasteiger charge is 2.37. The Balaban J connectivity index is 2.31. The monoisotopic (exact) mass is 226 g/mol. The van der Waals surface area contributed by atoms with E-state index in [-0.39, 0.29) is 5.92 Å². The van der Waals surface area contributed by atoms with Gasteiger partial charge >= 0.3 is 0 Å². The third-order valence-electron chi connectivity index (χ3n) is 3.14. The highest BCUT2D eigenvalue weighted by Crippen LogP contribution is 2.37. The van der Waals surface area contributed by atoms with E-state index in [1.807, 2.05) is 25.1 Å². The van der Waals surface area contributed by atoms with Crippen LogP contribution in [-0.2, 0) is 10.3 Å². The number of halogens is 1. The van der Waals surface area contributed by atoms with Crippen LogP contribution >= 0.6 is 11.6 Å². The molecule has 2 nitrogen and oxygen atoms in total. The summed E-state index contributed by atoms with van der Waals surface area (Å²) in [6, 6.07) is 7.44. The van der Waals surface area contributed by atoms with Gasteiger partial charge in [-0.3, -0.25) is 0 Å². The molecule has 0 bridgehead atoms. The Kier molecular flexibility index (Phi) is 3.01. The first kappa shape index (κ1) is 10.9. The van der Waals surface area contributed by atoms with E-state index in [1.54, 1.807) is 6.07 Å². The molecular weight excluding hydrogens is 212 g/mol. The Morgan fingerprint density at radius 1 is 1.47 bits per heavy atom.